The molecule has 1 N–H and O–H groups in total. The Balaban J connectivity index is 2.06. The number of hydrogen-bond acceptors (Lipinski definition) is 4. The van der Waals surface area contributed by atoms with Gasteiger partial charge < -0.3 is 5.11 Å². The van der Waals surface area contributed by atoms with Crippen molar-refractivity contribution in [1.29, 1.82) is 0 Å². The summed E-state index contributed by atoms with van der Waals surface area (Å²) in [4.78, 5) is 17.8. The van der Waals surface area contributed by atoms with E-state index in [0.29, 0.717) is 12.6 Å². The van der Waals surface area contributed by atoms with Crippen LogP contribution < -0.4 is 0 Å². The van der Waals surface area contributed by atoms with Gasteiger partial charge in [-0.15, -0.1) is 11.3 Å². The fourth-order valence-electron chi connectivity index (χ4n) is 2.66. The smallest absolute Gasteiger partial charge is 0.317 e. The van der Waals surface area contributed by atoms with Crippen LogP contribution in [0.5, 0.6) is 0 Å². The maximum atomic E-state index is 11.1. The molecule has 0 amide bonds. The first-order valence-electron chi connectivity index (χ1n) is 7.27. The van der Waals surface area contributed by atoms with Crippen LogP contribution in [0, 0.1) is 0 Å². The van der Waals surface area contributed by atoms with Crippen molar-refractivity contribution in [1.82, 2.24) is 9.88 Å². The zero-order chi connectivity index (χ0) is 14.8. The lowest BCUT2D eigenvalue weighted by Gasteiger charge is -2.26. The lowest BCUT2D eigenvalue weighted by atomic mass is 9.93. The van der Waals surface area contributed by atoms with Crippen LogP contribution in [0.25, 0.3) is 0 Å². The Bertz CT molecular complexity index is 459. The maximum Gasteiger partial charge on any atom is 0.317 e. The van der Waals surface area contributed by atoms with Crippen molar-refractivity contribution in [3.05, 3.63) is 16.1 Å². The van der Waals surface area contributed by atoms with E-state index < -0.39 is 5.97 Å². The second-order valence-electron chi connectivity index (χ2n) is 6.61. The van der Waals surface area contributed by atoms with E-state index in [1.807, 2.05) is 0 Å². The van der Waals surface area contributed by atoms with E-state index in [1.165, 1.54) is 12.8 Å². The number of carboxylic acids is 1. The van der Waals surface area contributed by atoms with Crippen molar-refractivity contribution >= 4 is 17.3 Å². The summed E-state index contributed by atoms with van der Waals surface area (Å²) in [6.45, 7) is 7.24. The van der Waals surface area contributed by atoms with Crippen LogP contribution in [0.3, 0.4) is 0 Å². The van der Waals surface area contributed by atoms with E-state index in [-0.39, 0.29) is 12.0 Å². The summed E-state index contributed by atoms with van der Waals surface area (Å²) < 4.78 is 0. The van der Waals surface area contributed by atoms with Gasteiger partial charge in [-0.3, -0.25) is 9.69 Å². The lowest BCUT2D eigenvalue weighted by molar-refractivity contribution is -0.139. The predicted octanol–water partition coefficient (Wildman–Crippen LogP) is 3.27. The van der Waals surface area contributed by atoms with Crippen LogP contribution >= 0.6 is 11.3 Å². The number of hydrogen-bond donors (Lipinski definition) is 1. The molecular weight excluding hydrogens is 272 g/mol. The van der Waals surface area contributed by atoms with E-state index in [2.05, 4.69) is 36.0 Å². The summed E-state index contributed by atoms with van der Waals surface area (Å²) in [5, 5.41) is 12.2. The quantitative estimate of drug-likeness (QED) is 0.906. The Kier molecular flexibility index (Phi) is 4.81. The van der Waals surface area contributed by atoms with Crippen LogP contribution in [-0.4, -0.2) is 33.5 Å². The largest absolute Gasteiger partial charge is 0.480 e. The van der Waals surface area contributed by atoms with Gasteiger partial charge in [0.15, 0.2) is 0 Å². The highest BCUT2D eigenvalue weighted by Crippen LogP contribution is 2.28. The summed E-state index contributed by atoms with van der Waals surface area (Å²) in [6.07, 6.45) is 4.66. The van der Waals surface area contributed by atoms with Gasteiger partial charge in [0.05, 0.1) is 18.8 Å². The van der Waals surface area contributed by atoms with Crippen molar-refractivity contribution in [3.63, 3.8) is 0 Å². The van der Waals surface area contributed by atoms with Gasteiger partial charge in [-0.25, -0.2) is 4.98 Å². The second kappa shape index (κ2) is 6.22. The third-order valence-corrected chi connectivity index (χ3v) is 4.67. The molecule has 1 aromatic rings. The minimum absolute atomic E-state index is 0.0553. The molecule has 1 fully saturated rings. The molecule has 0 aromatic carbocycles. The molecule has 0 unspecified atom stereocenters. The first kappa shape index (κ1) is 15.4. The normalized spacial score (nSPS) is 17.0. The first-order chi connectivity index (χ1) is 9.36. The van der Waals surface area contributed by atoms with E-state index in [0.717, 1.165) is 23.5 Å². The molecule has 0 saturated heterocycles. The number of rotatable bonds is 5. The van der Waals surface area contributed by atoms with Gasteiger partial charge in [0.25, 0.3) is 0 Å². The minimum atomic E-state index is -0.746. The summed E-state index contributed by atoms with van der Waals surface area (Å²) in [5.41, 5.74) is 1.15. The van der Waals surface area contributed by atoms with Crippen LogP contribution in [0.15, 0.2) is 5.38 Å². The molecular formula is C15H24N2O2S. The van der Waals surface area contributed by atoms with Crippen LogP contribution in [0.1, 0.15) is 57.2 Å². The minimum Gasteiger partial charge on any atom is -0.480 e. The third-order valence-electron chi connectivity index (χ3n) is 3.84. The van der Waals surface area contributed by atoms with Gasteiger partial charge >= 0.3 is 5.97 Å². The Morgan fingerprint density at radius 2 is 2.10 bits per heavy atom. The number of carboxylic acid groups (broad SMARTS) is 1. The molecule has 112 valence electrons. The number of carbonyl (C=O) groups is 1. The Morgan fingerprint density at radius 1 is 1.45 bits per heavy atom. The van der Waals surface area contributed by atoms with Crippen molar-refractivity contribution in [2.75, 3.05) is 6.54 Å². The fraction of sp³-hybridized carbons (Fsp3) is 0.733. The van der Waals surface area contributed by atoms with Gasteiger partial charge in [0.1, 0.15) is 5.01 Å². The van der Waals surface area contributed by atoms with Crippen LogP contribution in [0.2, 0.25) is 0 Å². The van der Waals surface area contributed by atoms with E-state index in [9.17, 15) is 4.79 Å². The number of aromatic nitrogens is 1. The molecule has 1 aliphatic rings. The average Bonchev–Trinajstić information content (AvgIpc) is 2.97. The molecule has 0 aliphatic heterocycles. The van der Waals surface area contributed by atoms with Gasteiger partial charge in [-0.1, -0.05) is 33.6 Å². The zero-order valence-electron chi connectivity index (χ0n) is 12.6. The molecule has 2 rings (SSSR count). The first-order valence-corrected chi connectivity index (χ1v) is 8.15. The number of thiazole rings is 1. The van der Waals surface area contributed by atoms with Gasteiger partial charge in [0.2, 0.25) is 0 Å². The van der Waals surface area contributed by atoms with Crippen molar-refractivity contribution in [2.45, 2.75) is 64.5 Å². The topological polar surface area (TPSA) is 53.4 Å². The standard InChI is InChI=1S/C15H24N2O2S/c1-15(2,3)12-10-20-13(16-12)8-17(9-14(18)19)11-6-4-5-7-11/h10-11H,4-9H2,1-3H3,(H,18,19). The molecule has 5 heteroatoms. The molecule has 0 bridgehead atoms. The molecule has 0 atom stereocenters. The van der Waals surface area contributed by atoms with E-state index in [1.54, 1.807) is 11.3 Å². The van der Waals surface area contributed by atoms with E-state index in [4.69, 9.17) is 5.11 Å². The second-order valence-corrected chi connectivity index (χ2v) is 7.56. The Labute approximate surface area is 124 Å². The Hall–Kier alpha value is -0.940. The predicted molar refractivity (Wildman–Crippen MR) is 81.1 cm³/mol. The average molecular weight is 296 g/mol. The van der Waals surface area contributed by atoms with Crippen molar-refractivity contribution < 1.29 is 9.90 Å². The van der Waals surface area contributed by atoms with Gasteiger partial charge in [0, 0.05) is 16.8 Å². The maximum absolute atomic E-state index is 11.1. The molecule has 20 heavy (non-hydrogen) atoms. The molecule has 1 aliphatic carbocycles. The summed E-state index contributed by atoms with van der Waals surface area (Å²) in [5.74, 6) is -0.746. The molecule has 1 heterocycles. The fourth-order valence-corrected chi connectivity index (χ4v) is 3.70. The summed E-state index contributed by atoms with van der Waals surface area (Å²) in [6, 6.07) is 0.410. The molecule has 0 spiro atoms. The third kappa shape index (κ3) is 4.03. The van der Waals surface area contributed by atoms with Gasteiger partial charge in [-0.05, 0) is 12.8 Å². The summed E-state index contributed by atoms with van der Waals surface area (Å²) >= 11 is 1.64. The lowest BCUT2D eigenvalue weighted by Crippen LogP contribution is -2.37. The van der Waals surface area contributed by atoms with E-state index >= 15 is 0 Å². The number of aliphatic carboxylic acids is 1. The molecule has 1 aromatic heterocycles. The van der Waals surface area contributed by atoms with Gasteiger partial charge in [-0.2, -0.15) is 0 Å². The van der Waals surface area contributed by atoms with Crippen LogP contribution in [-0.2, 0) is 16.8 Å². The molecule has 0 radical (unpaired) electrons. The Morgan fingerprint density at radius 3 is 2.60 bits per heavy atom. The molecule has 4 nitrogen and oxygen atoms in total. The highest BCUT2D eigenvalue weighted by molar-refractivity contribution is 7.09. The van der Waals surface area contributed by atoms with Crippen molar-refractivity contribution in [3.8, 4) is 0 Å². The number of nitrogens with zero attached hydrogens (tertiary/aromatic N) is 2. The highest BCUT2D eigenvalue weighted by atomic mass is 32.1. The van der Waals surface area contributed by atoms with Crippen molar-refractivity contribution in [2.24, 2.45) is 0 Å². The monoisotopic (exact) mass is 296 g/mol. The van der Waals surface area contributed by atoms with Crippen LogP contribution in [0.4, 0.5) is 0 Å². The molecule has 1 saturated carbocycles. The SMILES string of the molecule is CC(C)(C)c1csc(CN(CC(=O)O)C2CCCC2)n1. The highest BCUT2D eigenvalue weighted by Gasteiger charge is 2.26. The zero-order valence-corrected chi connectivity index (χ0v) is 13.4. The summed E-state index contributed by atoms with van der Waals surface area (Å²) in [7, 11) is 0.